The van der Waals surface area contributed by atoms with Crippen LogP contribution in [0.15, 0.2) is 76.2 Å². The molecule has 1 amide bonds. The number of hydrogen-bond acceptors (Lipinski definition) is 3. The molecule has 0 aromatic heterocycles. The predicted octanol–water partition coefficient (Wildman–Crippen LogP) is 5.99. The number of phenolic OH excluding ortho intramolecular Hbond substituents is 1. The summed E-state index contributed by atoms with van der Waals surface area (Å²) in [7, 11) is 0. The van der Waals surface area contributed by atoms with Crippen LogP contribution in [0.2, 0.25) is 5.02 Å². The quantitative estimate of drug-likeness (QED) is 0.468. The zero-order valence-corrected chi connectivity index (χ0v) is 18.5. The van der Waals surface area contributed by atoms with E-state index in [0.29, 0.717) is 22.8 Å². The number of hydrogen-bond donors (Lipinski definition) is 2. The number of aliphatic imine (C=N–C) groups is 1. The van der Waals surface area contributed by atoms with Crippen molar-refractivity contribution in [3.8, 4) is 5.75 Å². The molecule has 0 saturated carbocycles. The van der Waals surface area contributed by atoms with Gasteiger partial charge in [-0.25, -0.2) is 0 Å². The van der Waals surface area contributed by atoms with Gasteiger partial charge in [-0.2, -0.15) is 0 Å². The zero-order chi connectivity index (χ0) is 21.1. The molecule has 1 aliphatic rings. The van der Waals surface area contributed by atoms with E-state index in [1.807, 2.05) is 24.3 Å². The van der Waals surface area contributed by atoms with Gasteiger partial charge in [-0.15, -0.1) is 0 Å². The average molecular weight is 484 g/mol. The van der Waals surface area contributed by atoms with Crippen LogP contribution >= 0.6 is 27.5 Å². The number of nitrogens with one attached hydrogen (secondary N) is 1. The Morgan fingerprint density at radius 1 is 1.07 bits per heavy atom. The summed E-state index contributed by atoms with van der Waals surface area (Å²) in [5.41, 5.74) is 4.18. The van der Waals surface area contributed by atoms with Gasteiger partial charge >= 0.3 is 0 Å². The first kappa shape index (κ1) is 20.6. The molecule has 4 nitrogen and oxygen atoms in total. The molecule has 1 unspecified atom stereocenters. The fourth-order valence-electron chi connectivity index (χ4n) is 3.55. The molecule has 0 radical (unpaired) electrons. The summed E-state index contributed by atoms with van der Waals surface area (Å²) in [6.07, 6.45) is 2.30. The summed E-state index contributed by atoms with van der Waals surface area (Å²) < 4.78 is 1.07. The Hall–Kier alpha value is -2.63. The minimum atomic E-state index is -0.512. The Bertz CT molecular complexity index is 1110. The molecular formula is C24H20BrClN2O2. The van der Waals surface area contributed by atoms with Crippen LogP contribution in [-0.2, 0) is 11.2 Å². The molecule has 0 fully saturated rings. The Morgan fingerprint density at radius 2 is 1.83 bits per heavy atom. The molecule has 0 spiro atoms. The number of rotatable bonds is 5. The fourth-order valence-corrected chi connectivity index (χ4v) is 4.21. The highest BCUT2D eigenvalue weighted by Crippen LogP contribution is 2.29. The highest BCUT2D eigenvalue weighted by molar-refractivity contribution is 9.10. The Morgan fingerprint density at radius 3 is 2.60 bits per heavy atom. The number of nitrogens with zero attached hydrogens (tertiary/aromatic N) is 1. The first-order valence-electron chi connectivity index (χ1n) is 9.72. The van der Waals surface area contributed by atoms with Gasteiger partial charge in [-0.3, -0.25) is 9.79 Å². The molecule has 0 bridgehead atoms. The molecule has 3 aromatic carbocycles. The standard InChI is InChI=1S/C24H20BrClN2O2/c25-20-6-2-1-4-15(20)5-3-7-22-24(30)28-21-13-10-17(26)14-19(21)23(27-22)16-8-11-18(29)12-9-16/h1-2,4,6,8-14,22,29H,3,5,7H2,(H,28,30). The van der Waals surface area contributed by atoms with Crippen molar-refractivity contribution >= 4 is 44.8 Å². The van der Waals surface area contributed by atoms with E-state index in [1.165, 1.54) is 5.56 Å². The zero-order valence-electron chi connectivity index (χ0n) is 16.1. The lowest BCUT2D eigenvalue weighted by Crippen LogP contribution is -2.25. The van der Waals surface area contributed by atoms with Crippen LogP contribution in [0.3, 0.4) is 0 Å². The first-order valence-corrected chi connectivity index (χ1v) is 10.9. The van der Waals surface area contributed by atoms with Crippen LogP contribution < -0.4 is 5.32 Å². The number of anilines is 1. The van der Waals surface area contributed by atoms with Gasteiger partial charge in [-0.1, -0.05) is 45.7 Å². The van der Waals surface area contributed by atoms with Gasteiger partial charge in [0.2, 0.25) is 5.91 Å². The van der Waals surface area contributed by atoms with Crippen molar-refractivity contribution in [2.75, 3.05) is 5.32 Å². The van der Waals surface area contributed by atoms with Gasteiger partial charge in [0.1, 0.15) is 11.8 Å². The van der Waals surface area contributed by atoms with Crippen molar-refractivity contribution < 1.29 is 9.90 Å². The van der Waals surface area contributed by atoms with Gasteiger partial charge in [0.25, 0.3) is 0 Å². The number of aryl methyl sites for hydroxylation is 1. The van der Waals surface area contributed by atoms with E-state index in [9.17, 15) is 9.90 Å². The number of aromatic hydroxyl groups is 1. The summed E-state index contributed by atoms with van der Waals surface area (Å²) in [5, 5.41) is 13.2. The second kappa shape index (κ2) is 9.02. The van der Waals surface area contributed by atoms with Gasteiger partial charge < -0.3 is 10.4 Å². The van der Waals surface area contributed by atoms with Crippen molar-refractivity contribution in [3.05, 3.63) is 92.9 Å². The van der Waals surface area contributed by atoms with Gasteiger partial charge in [-0.05, 0) is 73.4 Å². The smallest absolute Gasteiger partial charge is 0.249 e. The molecule has 0 saturated heterocycles. The van der Waals surface area contributed by atoms with Crippen molar-refractivity contribution in [2.24, 2.45) is 4.99 Å². The minimum absolute atomic E-state index is 0.125. The van der Waals surface area contributed by atoms with Crippen LogP contribution in [0.5, 0.6) is 5.75 Å². The number of carbonyl (C=O) groups excluding carboxylic acids is 1. The van der Waals surface area contributed by atoms with Gasteiger partial charge in [0.05, 0.1) is 11.4 Å². The number of benzene rings is 3. The number of carbonyl (C=O) groups is 1. The van der Waals surface area contributed by atoms with Crippen LogP contribution in [0.25, 0.3) is 0 Å². The molecule has 30 heavy (non-hydrogen) atoms. The molecular weight excluding hydrogens is 464 g/mol. The van der Waals surface area contributed by atoms with E-state index in [-0.39, 0.29) is 11.7 Å². The topological polar surface area (TPSA) is 61.7 Å². The molecule has 6 heteroatoms. The Kier molecular flexibility index (Phi) is 6.21. The molecule has 152 valence electrons. The fraction of sp³-hybridized carbons (Fsp3) is 0.167. The van der Waals surface area contributed by atoms with E-state index < -0.39 is 6.04 Å². The third-order valence-electron chi connectivity index (χ3n) is 5.10. The minimum Gasteiger partial charge on any atom is -0.508 e. The highest BCUT2D eigenvalue weighted by Gasteiger charge is 2.26. The largest absolute Gasteiger partial charge is 0.508 e. The lowest BCUT2D eigenvalue weighted by atomic mass is 10.00. The van der Waals surface area contributed by atoms with E-state index in [2.05, 4.69) is 27.3 Å². The number of amides is 1. The molecule has 2 N–H and O–H groups in total. The van der Waals surface area contributed by atoms with E-state index in [0.717, 1.165) is 28.4 Å². The van der Waals surface area contributed by atoms with Crippen LogP contribution in [0.4, 0.5) is 5.69 Å². The van der Waals surface area contributed by atoms with E-state index in [1.54, 1.807) is 36.4 Å². The van der Waals surface area contributed by atoms with Crippen molar-refractivity contribution in [3.63, 3.8) is 0 Å². The maximum Gasteiger partial charge on any atom is 0.249 e. The maximum absolute atomic E-state index is 12.9. The average Bonchev–Trinajstić information content (AvgIpc) is 2.86. The second-order valence-electron chi connectivity index (χ2n) is 7.20. The normalized spacial score (nSPS) is 15.7. The second-order valence-corrected chi connectivity index (χ2v) is 8.49. The molecule has 1 aliphatic heterocycles. The lowest BCUT2D eigenvalue weighted by Gasteiger charge is -2.12. The number of benzodiazepines with no additional fused rings is 1. The highest BCUT2D eigenvalue weighted by atomic mass is 79.9. The van der Waals surface area contributed by atoms with Crippen LogP contribution in [-0.4, -0.2) is 22.8 Å². The first-order chi connectivity index (χ1) is 14.5. The van der Waals surface area contributed by atoms with Gasteiger partial charge in [0, 0.05) is 20.6 Å². The third-order valence-corrected chi connectivity index (χ3v) is 6.11. The predicted molar refractivity (Wildman–Crippen MR) is 125 cm³/mol. The van der Waals surface area contributed by atoms with Crippen molar-refractivity contribution in [1.29, 1.82) is 0 Å². The van der Waals surface area contributed by atoms with Crippen LogP contribution in [0, 0.1) is 0 Å². The number of fused-ring (bicyclic) bond motifs is 1. The van der Waals surface area contributed by atoms with E-state index in [4.69, 9.17) is 16.6 Å². The molecule has 3 aromatic rings. The summed E-state index contributed by atoms with van der Waals surface area (Å²) in [6, 6.07) is 19.8. The Balaban J connectivity index is 1.65. The van der Waals surface area contributed by atoms with Gasteiger partial charge in [0.15, 0.2) is 0 Å². The number of phenols is 1. The summed E-state index contributed by atoms with van der Waals surface area (Å²) in [5.74, 6) is 0.0537. The third kappa shape index (κ3) is 4.58. The molecule has 0 aliphatic carbocycles. The molecule has 1 heterocycles. The van der Waals surface area contributed by atoms with Crippen molar-refractivity contribution in [1.82, 2.24) is 0 Å². The monoisotopic (exact) mass is 482 g/mol. The van der Waals surface area contributed by atoms with Crippen molar-refractivity contribution in [2.45, 2.75) is 25.3 Å². The molecule has 4 rings (SSSR count). The summed E-state index contributed by atoms with van der Waals surface area (Å²) >= 11 is 9.81. The lowest BCUT2D eigenvalue weighted by molar-refractivity contribution is -0.117. The van der Waals surface area contributed by atoms with Crippen LogP contribution in [0.1, 0.15) is 29.5 Å². The SMILES string of the molecule is O=C1Nc2ccc(Cl)cc2C(c2ccc(O)cc2)=NC1CCCc1ccccc1Br. The molecule has 1 atom stereocenters. The maximum atomic E-state index is 12.9. The summed E-state index contributed by atoms with van der Waals surface area (Å²) in [6.45, 7) is 0. The van der Waals surface area contributed by atoms with E-state index >= 15 is 0 Å². The number of halogens is 2. The summed E-state index contributed by atoms with van der Waals surface area (Å²) in [4.78, 5) is 17.7. The Labute approximate surface area is 188 Å².